The smallest absolute Gasteiger partial charge is 0.251 e. The summed E-state index contributed by atoms with van der Waals surface area (Å²) in [7, 11) is -3.61. The Balaban J connectivity index is 1.45. The fraction of sp³-hybridized carbons (Fsp3) is 0.316. The largest absolute Gasteiger partial charge is 0.352 e. The predicted octanol–water partition coefficient (Wildman–Crippen LogP) is 2.32. The Morgan fingerprint density at radius 1 is 1.14 bits per heavy atom. The lowest BCUT2D eigenvalue weighted by Crippen LogP contribution is -2.26. The molecular weight excluding hydrogens is 412 g/mol. The fourth-order valence-electron chi connectivity index (χ4n) is 2.62. The second kappa shape index (κ2) is 9.77. The van der Waals surface area contributed by atoms with Crippen molar-refractivity contribution in [1.29, 1.82) is 0 Å². The van der Waals surface area contributed by atoms with Crippen LogP contribution in [0.2, 0.25) is 0 Å². The zero-order valence-electron chi connectivity index (χ0n) is 15.9. The van der Waals surface area contributed by atoms with Crippen LogP contribution in [0.25, 0.3) is 0 Å². The van der Waals surface area contributed by atoms with Crippen molar-refractivity contribution in [2.24, 2.45) is 0 Å². The summed E-state index contributed by atoms with van der Waals surface area (Å²) < 4.78 is 32.3. The van der Waals surface area contributed by atoms with Gasteiger partial charge >= 0.3 is 0 Å². The SMILES string of the molecule is Cc1noc(CCCNC(=O)c2ccc(S(=O)(=O)NCCc3cccs3)cc2)n1. The van der Waals surface area contributed by atoms with Crippen molar-refractivity contribution < 1.29 is 17.7 Å². The van der Waals surface area contributed by atoms with Gasteiger partial charge in [0, 0.05) is 30.0 Å². The van der Waals surface area contributed by atoms with Gasteiger partial charge in [0.1, 0.15) is 0 Å². The summed E-state index contributed by atoms with van der Waals surface area (Å²) >= 11 is 1.59. The fourth-order valence-corrected chi connectivity index (χ4v) is 4.36. The second-order valence-corrected chi connectivity index (χ2v) is 9.15. The van der Waals surface area contributed by atoms with E-state index in [1.165, 1.54) is 24.3 Å². The summed E-state index contributed by atoms with van der Waals surface area (Å²) in [6.07, 6.45) is 1.88. The van der Waals surface area contributed by atoms with Crippen LogP contribution in [0.15, 0.2) is 51.2 Å². The van der Waals surface area contributed by atoms with Gasteiger partial charge in [0.25, 0.3) is 5.91 Å². The number of benzene rings is 1. The number of hydrogen-bond donors (Lipinski definition) is 2. The molecule has 0 radical (unpaired) electrons. The first-order chi connectivity index (χ1) is 13.9. The number of hydrogen-bond acceptors (Lipinski definition) is 7. The molecule has 0 aliphatic carbocycles. The summed E-state index contributed by atoms with van der Waals surface area (Å²) in [4.78, 5) is 17.6. The number of sulfonamides is 1. The van der Waals surface area contributed by atoms with Crippen LogP contribution in [0.3, 0.4) is 0 Å². The normalized spacial score (nSPS) is 11.5. The third kappa shape index (κ3) is 6.21. The van der Waals surface area contributed by atoms with Gasteiger partial charge in [0.15, 0.2) is 5.82 Å². The molecule has 2 aromatic heterocycles. The Hall–Kier alpha value is -2.56. The predicted molar refractivity (Wildman–Crippen MR) is 109 cm³/mol. The average Bonchev–Trinajstić information content (AvgIpc) is 3.37. The molecule has 0 saturated carbocycles. The first-order valence-electron chi connectivity index (χ1n) is 9.13. The van der Waals surface area contributed by atoms with Crippen LogP contribution in [0.1, 0.15) is 33.4 Å². The molecule has 2 N–H and O–H groups in total. The number of carbonyl (C=O) groups excluding carboxylic acids is 1. The van der Waals surface area contributed by atoms with E-state index in [9.17, 15) is 13.2 Å². The maximum absolute atomic E-state index is 12.4. The molecule has 1 amide bonds. The quantitative estimate of drug-likeness (QED) is 0.473. The van der Waals surface area contributed by atoms with E-state index in [0.29, 0.717) is 49.6 Å². The van der Waals surface area contributed by atoms with Crippen molar-refractivity contribution in [2.45, 2.75) is 31.1 Å². The zero-order valence-corrected chi connectivity index (χ0v) is 17.6. The lowest BCUT2D eigenvalue weighted by atomic mass is 10.2. The minimum absolute atomic E-state index is 0.131. The van der Waals surface area contributed by atoms with E-state index in [-0.39, 0.29) is 10.8 Å². The van der Waals surface area contributed by atoms with Crippen LogP contribution < -0.4 is 10.0 Å². The number of nitrogens with zero attached hydrogens (tertiary/aromatic N) is 2. The summed E-state index contributed by atoms with van der Waals surface area (Å²) in [5.41, 5.74) is 0.399. The van der Waals surface area contributed by atoms with Crippen molar-refractivity contribution in [3.05, 3.63) is 63.9 Å². The van der Waals surface area contributed by atoms with E-state index in [1.54, 1.807) is 18.3 Å². The van der Waals surface area contributed by atoms with Crippen LogP contribution >= 0.6 is 11.3 Å². The van der Waals surface area contributed by atoms with E-state index < -0.39 is 10.0 Å². The molecule has 3 aromatic rings. The van der Waals surface area contributed by atoms with E-state index in [0.717, 1.165) is 4.88 Å². The van der Waals surface area contributed by atoms with E-state index >= 15 is 0 Å². The molecule has 1 aromatic carbocycles. The van der Waals surface area contributed by atoms with Gasteiger partial charge in [-0.1, -0.05) is 11.2 Å². The highest BCUT2D eigenvalue weighted by molar-refractivity contribution is 7.89. The van der Waals surface area contributed by atoms with Crippen LogP contribution in [-0.4, -0.2) is 37.6 Å². The molecule has 0 aliphatic heterocycles. The molecule has 10 heteroatoms. The van der Waals surface area contributed by atoms with E-state index in [4.69, 9.17) is 4.52 Å². The summed E-state index contributed by atoms with van der Waals surface area (Å²) in [5.74, 6) is 0.860. The maximum Gasteiger partial charge on any atom is 0.251 e. The Morgan fingerprint density at radius 2 is 1.93 bits per heavy atom. The maximum atomic E-state index is 12.4. The van der Waals surface area contributed by atoms with Crippen molar-refractivity contribution >= 4 is 27.3 Å². The Bertz CT molecular complexity index is 1030. The summed E-state index contributed by atoms with van der Waals surface area (Å²) in [6.45, 7) is 2.52. The number of aromatic nitrogens is 2. The number of amides is 1. The molecule has 3 rings (SSSR count). The number of aryl methyl sites for hydroxylation is 2. The van der Waals surface area contributed by atoms with Gasteiger partial charge in [0.2, 0.25) is 15.9 Å². The molecule has 0 fully saturated rings. The molecular formula is C19H22N4O4S2. The van der Waals surface area contributed by atoms with Crippen LogP contribution in [0.4, 0.5) is 0 Å². The minimum Gasteiger partial charge on any atom is -0.352 e. The molecule has 0 unspecified atom stereocenters. The monoisotopic (exact) mass is 434 g/mol. The first kappa shape index (κ1) is 21.2. The molecule has 0 aliphatic rings. The standard InChI is InChI=1S/C19H22N4O4S2/c1-14-22-18(27-23-14)5-2-11-20-19(24)15-6-8-17(9-7-15)29(25,26)21-12-10-16-4-3-13-28-16/h3-4,6-9,13,21H,2,5,10-12H2,1H3,(H,20,24). The van der Waals surface area contributed by atoms with Crippen molar-refractivity contribution in [2.75, 3.05) is 13.1 Å². The van der Waals surface area contributed by atoms with E-state index in [2.05, 4.69) is 20.2 Å². The van der Waals surface area contributed by atoms with Crippen LogP contribution in [0, 0.1) is 6.92 Å². The van der Waals surface area contributed by atoms with Gasteiger partial charge in [-0.15, -0.1) is 11.3 Å². The molecule has 2 heterocycles. The van der Waals surface area contributed by atoms with Crippen LogP contribution in [0.5, 0.6) is 0 Å². The first-order valence-corrected chi connectivity index (χ1v) is 11.5. The molecule has 0 bridgehead atoms. The molecule has 0 spiro atoms. The van der Waals surface area contributed by atoms with Gasteiger partial charge in [-0.25, -0.2) is 13.1 Å². The molecule has 154 valence electrons. The second-order valence-electron chi connectivity index (χ2n) is 6.35. The lowest BCUT2D eigenvalue weighted by molar-refractivity contribution is 0.0953. The zero-order chi connectivity index (χ0) is 20.7. The van der Waals surface area contributed by atoms with Crippen LogP contribution in [-0.2, 0) is 22.9 Å². The van der Waals surface area contributed by atoms with Crippen molar-refractivity contribution in [3.63, 3.8) is 0 Å². The highest BCUT2D eigenvalue weighted by Crippen LogP contribution is 2.12. The van der Waals surface area contributed by atoms with Gasteiger partial charge in [0.05, 0.1) is 4.90 Å². The highest BCUT2D eigenvalue weighted by Gasteiger charge is 2.14. The molecule has 0 atom stereocenters. The summed E-state index contributed by atoms with van der Waals surface area (Å²) in [5, 5.41) is 8.46. The Morgan fingerprint density at radius 3 is 2.59 bits per heavy atom. The average molecular weight is 435 g/mol. The topological polar surface area (TPSA) is 114 Å². The molecule has 0 saturated heterocycles. The lowest BCUT2D eigenvalue weighted by Gasteiger charge is -2.08. The molecule has 8 nitrogen and oxygen atoms in total. The van der Waals surface area contributed by atoms with E-state index in [1.807, 2.05) is 17.5 Å². The Labute approximate surface area is 173 Å². The number of thiophene rings is 1. The third-order valence-electron chi connectivity index (χ3n) is 4.09. The number of nitrogens with one attached hydrogen (secondary N) is 2. The molecule has 29 heavy (non-hydrogen) atoms. The van der Waals surface area contributed by atoms with Gasteiger partial charge in [-0.05, 0) is 55.5 Å². The summed E-state index contributed by atoms with van der Waals surface area (Å²) in [6, 6.07) is 9.78. The Kier molecular flexibility index (Phi) is 7.13. The van der Waals surface area contributed by atoms with Gasteiger partial charge in [-0.3, -0.25) is 4.79 Å². The number of rotatable bonds is 10. The number of carbonyl (C=O) groups is 1. The van der Waals surface area contributed by atoms with Gasteiger partial charge < -0.3 is 9.84 Å². The van der Waals surface area contributed by atoms with Crippen molar-refractivity contribution in [1.82, 2.24) is 20.2 Å². The van der Waals surface area contributed by atoms with Crippen molar-refractivity contribution in [3.8, 4) is 0 Å². The third-order valence-corrected chi connectivity index (χ3v) is 6.51. The van der Waals surface area contributed by atoms with Gasteiger partial charge in [-0.2, -0.15) is 4.98 Å². The highest BCUT2D eigenvalue weighted by atomic mass is 32.2. The minimum atomic E-state index is -3.61.